The van der Waals surface area contributed by atoms with Crippen molar-refractivity contribution >= 4 is 35.1 Å². The van der Waals surface area contributed by atoms with E-state index in [1.165, 1.54) is 29.2 Å². The molecule has 31 heavy (non-hydrogen) atoms. The van der Waals surface area contributed by atoms with Gasteiger partial charge in [0.2, 0.25) is 11.8 Å². The van der Waals surface area contributed by atoms with Gasteiger partial charge in [0.25, 0.3) is 0 Å². The molecule has 1 N–H and O–H groups in total. The van der Waals surface area contributed by atoms with Crippen LogP contribution in [0.15, 0.2) is 59.8 Å². The van der Waals surface area contributed by atoms with Crippen molar-refractivity contribution in [3.8, 4) is 0 Å². The number of benzene rings is 2. The van der Waals surface area contributed by atoms with Gasteiger partial charge in [0.15, 0.2) is 0 Å². The first-order valence-electron chi connectivity index (χ1n) is 9.79. The molecule has 2 amide bonds. The first-order chi connectivity index (χ1) is 14.8. The quantitative estimate of drug-likeness (QED) is 0.675. The van der Waals surface area contributed by atoms with Gasteiger partial charge in [-0.1, -0.05) is 23.7 Å². The second-order valence-electron chi connectivity index (χ2n) is 7.06. The summed E-state index contributed by atoms with van der Waals surface area (Å²) in [5.41, 5.74) is 1.86. The van der Waals surface area contributed by atoms with Crippen molar-refractivity contribution < 1.29 is 23.5 Å². The maximum atomic E-state index is 13.1. The number of nitrogens with one attached hydrogen (secondary N) is 1. The number of ether oxygens (including phenoxy) is 1. The first kappa shape index (κ1) is 22.5. The molecular weight excluding hydrogens is 423 g/mol. The summed E-state index contributed by atoms with van der Waals surface area (Å²) in [6.45, 7) is 3.23. The molecule has 2 aromatic rings. The predicted molar refractivity (Wildman–Crippen MR) is 115 cm³/mol. The van der Waals surface area contributed by atoms with E-state index in [1.54, 1.807) is 38.1 Å². The van der Waals surface area contributed by atoms with Gasteiger partial charge < -0.3 is 15.0 Å². The number of nitrogens with zero attached hydrogens (tertiary/aromatic N) is 1. The summed E-state index contributed by atoms with van der Waals surface area (Å²) in [4.78, 5) is 39.4. The largest absolute Gasteiger partial charge is 0.463 e. The molecule has 0 saturated heterocycles. The summed E-state index contributed by atoms with van der Waals surface area (Å²) < 4.78 is 18.3. The topological polar surface area (TPSA) is 75.7 Å². The molecule has 162 valence electrons. The van der Waals surface area contributed by atoms with E-state index in [9.17, 15) is 18.8 Å². The molecule has 1 aliphatic rings. The van der Waals surface area contributed by atoms with E-state index in [-0.39, 0.29) is 25.5 Å². The third-order valence-corrected chi connectivity index (χ3v) is 5.27. The number of rotatable bonds is 6. The number of halogens is 2. The molecule has 0 bridgehead atoms. The number of carbonyl (C=O) groups is 3. The fourth-order valence-electron chi connectivity index (χ4n) is 3.53. The SMILES string of the molecule is CCOC(=O)C1=C(C)N(CC(=O)Nc2ccc(F)cc2)C(=O)CC1c1ccc(Cl)cc1. The molecule has 0 fully saturated rings. The lowest BCUT2D eigenvalue weighted by Gasteiger charge is -2.34. The van der Waals surface area contributed by atoms with Crippen LogP contribution in [-0.4, -0.2) is 35.8 Å². The number of hydrogen-bond acceptors (Lipinski definition) is 4. The molecule has 0 radical (unpaired) electrons. The van der Waals surface area contributed by atoms with Gasteiger partial charge in [-0.15, -0.1) is 0 Å². The van der Waals surface area contributed by atoms with Gasteiger partial charge >= 0.3 is 5.97 Å². The molecule has 0 aromatic heterocycles. The third kappa shape index (κ3) is 5.30. The van der Waals surface area contributed by atoms with Crippen molar-refractivity contribution in [1.29, 1.82) is 0 Å². The summed E-state index contributed by atoms with van der Waals surface area (Å²) >= 11 is 5.97. The zero-order valence-electron chi connectivity index (χ0n) is 17.2. The second-order valence-corrected chi connectivity index (χ2v) is 7.50. The van der Waals surface area contributed by atoms with Crippen molar-refractivity contribution in [1.82, 2.24) is 4.90 Å². The van der Waals surface area contributed by atoms with E-state index in [0.29, 0.717) is 22.0 Å². The smallest absolute Gasteiger partial charge is 0.336 e. The Balaban J connectivity index is 1.88. The number of anilines is 1. The molecule has 8 heteroatoms. The van der Waals surface area contributed by atoms with Crippen molar-refractivity contribution in [3.63, 3.8) is 0 Å². The summed E-state index contributed by atoms with van der Waals surface area (Å²) in [6, 6.07) is 12.2. The summed E-state index contributed by atoms with van der Waals surface area (Å²) in [5, 5.41) is 3.17. The number of amides is 2. The standard InChI is InChI=1S/C23H22ClFN2O4/c1-3-31-23(30)22-14(2)27(13-20(28)26-18-10-8-17(25)9-11-18)21(29)12-19(22)15-4-6-16(24)7-5-15/h4-11,19H,3,12-13H2,1-2H3,(H,26,28). The maximum Gasteiger partial charge on any atom is 0.336 e. The van der Waals surface area contributed by atoms with Crippen molar-refractivity contribution in [3.05, 3.63) is 76.2 Å². The van der Waals surface area contributed by atoms with Crippen LogP contribution in [0, 0.1) is 5.82 Å². The Hall–Kier alpha value is -3.19. The van der Waals surface area contributed by atoms with Crippen LogP contribution >= 0.6 is 11.6 Å². The zero-order chi connectivity index (χ0) is 22.5. The number of hydrogen-bond donors (Lipinski definition) is 1. The Morgan fingerprint density at radius 1 is 1.16 bits per heavy atom. The zero-order valence-corrected chi connectivity index (χ0v) is 17.9. The minimum atomic E-state index is -0.531. The summed E-state index contributed by atoms with van der Waals surface area (Å²) in [5.74, 6) is -2.21. The minimum absolute atomic E-state index is 0.0109. The predicted octanol–water partition coefficient (Wildman–Crippen LogP) is 4.27. The Bertz CT molecular complexity index is 1020. The lowest BCUT2D eigenvalue weighted by atomic mass is 9.83. The number of allylic oxidation sites excluding steroid dienone is 1. The monoisotopic (exact) mass is 444 g/mol. The molecule has 1 heterocycles. The molecule has 3 rings (SSSR count). The van der Waals surface area contributed by atoms with Gasteiger partial charge in [0.05, 0.1) is 12.2 Å². The highest BCUT2D eigenvalue weighted by atomic mass is 35.5. The Morgan fingerprint density at radius 3 is 2.42 bits per heavy atom. The van der Waals surface area contributed by atoms with Crippen molar-refractivity contribution in [2.24, 2.45) is 0 Å². The van der Waals surface area contributed by atoms with Crippen LogP contribution < -0.4 is 5.32 Å². The molecule has 0 saturated carbocycles. The number of esters is 1. The molecule has 1 atom stereocenters. The average molecular weight is 445 g/mol. The van der Waals surface area contributed by atoms with Gasteiger partial charge in [-0.25, -0.2) is 9.18 Å². The Kier molecular flexibility index (Phi) is 7.07. The van der Waals surface area contributed by atoms with Crippen molar-refractivity contribution in [2.75, 3.05) is 18.5 Å². The van der Waals surface area contributed by atoms with Gasteiger partial charge in [0, 0.05) is 28.7 Å². The fourth-order valence-corrected chi connectivity index (χ4v) is 3.66. The van der Waals surface area contributed by atoms with Crippen LogP contribution in [0.3, 0.4) is 0 Å². The van der Waals surface area contributed by atoms with E-state index in [1.807, 2.05) is 0 Å². The lowest BCUT2D eigenvalue weighted by Crippen LogP contribution is -2.42. The van der Waals surface area contributed by atoms with Crippen LogP contribution in [0.25, 0.3) is 0 Å². The molecular formula is C23H22ClFN2O4. The van der Waals surface area contributed by atoms with Crippen LogP contribution in [0.4, 0.5) is 10.1 Å². The van der Waals surface area contributed by atoms with Crippen molar-refractivity contribution in [2.45, 2.75) is 26.2 Å². The van der Waals surface area contributed by atoms with Crippen LogP contribution in [0.1, 0.15) is 31.7 Å². The minimum Gasteiger partial charge on any atom is -0.463 e. The summed E-state index contributed by atoms with van der Waals surface area (Å²) in [6.07, 6.45) is 0.0109. The molecule has 0 spiro atoms. The van der Waals surface area contributed by atoms with Gasteiger partial charge in [-0.3, -0.25) is 9.59 Å². The van der Waals surface area contributed by atoms with E-state index in [0.717, 1.165) is 5.56 Å². The van der Waals surface area contributed by atoms with Crippen LogP contribution in [0.5, 0.6) is 0 Å². The molecule has 2 aromatic carbocycles. The van der Waals surface area contributed by atoms with Gasteiger partial charge in [-0.2, -0.15) is 0 Å². The highest BCUT2D eigenvalue weighted by molar-refractivity contribution is 6.30. The highest BCUT2D eigenvalue weighted by Crippen LogP contribution is 2.37. The molecule has 6 nitrogen and oxygen atoms in total. The van der Waals surface area contributed by atoms with Gasteiger partial charge in [-0.05, 0) is 55.8 Å². The molecule has 0 aliphatic carbocycles. The normalized spacial score (nSPS) is 16.3. The molecule has 1 unspecified atom stereocenters. The van der Waals surface area contributed by atoms with E-state index in [2.05, 4.69) is 5.32 Å². The summed E-state index contributed by atoms with van der Waals surface area (Å²) in [7, 11) is 0. The Morgan fingerprint density at radius 2 is 1.81 bits per heavy atom. The third-order valence-electron chi connectivity index (χ3n) is 5.02. The van der Waals surface area contributed by atoms with Gasteiger partial charge in [0.1, 0.15) is 12.4 Å². The highest BCUT2D eigenvalue weighted by Gasteiger charge is 2.37. The average Bonchev–Trinajstić information content (AvgIpc) is 2.73. The molecule has 1 aliphatic heterocycles. The first-order valence-corrected chi connectivity index (χ1v) is 10.2. The van der Waals surface area contributed by atoms with E-state index < -0.39 is 23.6 Å². The maximum absolute atomic E-state index is 13.1. The van der Waals surface area contributed by atoms with E-state index >= 15 is 0 Å². The van der Waals surface area contributed by atoms with Crippen LogP contribution in [0.2, 0.25) is 5.02 Å². The lowest BCUT2D eigenvalue weighted by molar-refractivity contribution is -0.140. The second kappa shape index (κ2) is 9.75. The number of carbonyl (C=O) groups excluding carboxylic acids is 3. The Labute approximate surface area is 184 Å². The van der Waals surface area contributed by atoms with Crippen LogP contribution in [-0.2, 0) is 19.1 Å². The van der Waals surface area contributed by atoms with E-state index in [4.69, 9.17) is 16.3 Å². The fraction of sp³-hybridized carbons (Fsp3) is 0.261.